The minimum absolute atomic E-state index is 0.0191. The van der Waals surface area contributed by atoms with Crippen LogP contribution in [-0.2, 0) is 0 Å². The average molecular weight is 276 g/mol. The molecule has 0 aliphatic heterocycles. The van der Waals surface area contributed by atoms with Crippen molar-refractivity contribution >= 4 is 15.9 Å². The Morgan fingerprint density at radius 1 is 1.33 bits per heavy atom. The van der Waals surface area contributed by atoms with Gasteiger partial charge in [-0.15, -0.1) is 0 Å². The van der Waals surface area contributed by atoms with Crippen LogP contribution in [0, 0.1) is 17.0 Å². The van der Waals surface area contributed by atoms with Gasteiger partial charge in [0.2, 0.25) is 0 Å². The molecule has 2 N–H and O–H groups in total. The van der Waals surface area contributed by atoms with E-state index in [0.717, 1.165) is 0 Å². The summed E-state index contributed by atoms with van der Waals surface area (Å²) in [7, 11) is 0. The highest BCUT2D eigenvalue weighted by Crippen LogP contribution is 2.58. The van der Waals surface area contributed by atoms with Crippen LogP contribution in [0.4, 0.5) is 8.78 Å². The van der Waals surface area contributed by atoms with Crippen LogP contribution in [0.5, 0.6) is 0 Å². The van der Waals surface area contributed by atoms with Crippen LogP contribution in [0.25, 0.3) is 0 Å². The highest BCUT2D eigenvalue weighted by Gasteiger charge is 2.57. The summed E-state index contributed by atoms with van der Waals surface area (Å²) in [4.78, 5) is 0. The van der Waals surface area contributed by atoms with Crippen molar-refractivity contribution in [1.29, 1.82) is 0 Å². The van der Waals surface area contributed by atoms with Gasteiger partial charge in [0, 0.05) is 12.0 Å². The Bertz CT molecular complexity index is 417. The van der Waals surface area contributed by atoms with Gasteiger partial charge in [-0.1, -0.05) is 19.9 Å². The minimum atomic E-state index is -0.580. The van der Waals surface area contributed by atoms with Crippen LogP contribution in [0.15, 0.2) is 16.6 Å². The van der Waals surface area contributed by atoms with Gasteiger partial charge in [0.05, 0.1) is 4.47 Å². The molecular formula is C11H12BrF2N. The molecule has 0 spiro atoms. The smallest absolute Gasteiger partial charge is 0.143 e. The van der Waals surface area contributed by atoms with Crippen molar-refractivity contribution in [3.05, 3.63) is 33.8 Å². The fourth-order valence-corrected chi connectivity index (χ4v) is 2.41. The first-order valence-corrected chi connectivity index (χ1v) is 5.55. The van der Waals surface area contributed by atoms with Gasteiger partial charge >= 0.3 is 0 Å². The molecule has 1 nitrogen and oxygen atoms in total. The zero-order valence-corrected chi connectivity index (χ0v) is 10.1. The standard InChI is InChI=1S/C11H12BrF2N/c1-11(2)7(10(11)15)5-3-4-6(13)8(12)9(5)14/h3-4,7,10H,15H2,1-2H3/t7-,10-/m0/s1. The van der Waals surface area contributed by atoms with Gasteiger partial charge in [-0.25, -0.2) is 8.78 Å². The van der Waals surface area contributed by atoms with Gasteiger partial charge in [-0.2, -0.15) is 0 Å². The van der Waals surface area contributed by atoms with Gasteiger partial charge in [0.25, 0.3) is 0 Å². The van der Waals surface area contributed by atoms with Crippen molar-refractivity contribution in [3.63, 3.8) is 0 Å². The monoisotopic (exact) mass is 275 g/mol. The predicted molar refractivity (Wildman–Crippen MR) is 58.6 cm³/mol. The van der Waals surface area contributed by atoms with Crippen molar-refractivity contribution in [2.45, 2.75) is 25.8 Å². The maximum atomic E-state index is 13.7. The van der Waals surface area contributed by atoms with Gasteiger partial charge in [-0.05, 0) is 33.0 Å². The molecular weight excluding hydrogens is 264 g/mol. The summed E-state index contributed by atoms with van der Waals surface area (Å²) in [5.41, 5.74) is 6.26. The van der Waals surface area contributed by atoms with E-state index in [0.29, 0.717) is 5.56 Å². The molecule has 1 aliphatic rings. The highest BCUT2D eigenvalue weighted by molar-refractivity contribution is 9.10. The van der Waals surface area contributed by atoms with E-state index in [1.165, 1.54) is 12.1 Å². The maximum absolute atomic E-state index is 13.7. The third-order valence-electron chi connectivity index (χ3n) is 3.31. The Labute approximate surface area is 95.8 Å². The lowest BCUT2D eigenvalue weighted by molar-refractivity contribution is 0.545. The first-order valence-electron chi connectivity index (χ1n) is 4.76. The fourth-order valence-electron chi connectivity index (χ4n) is 2.05. The number of hydrogen-bond acceptors (Lipinski definition) is 1. The third-order valence-corrected chi connectivity index (χ3v) is 4.04. The Balaban J connectivity index is 2.44. The number of rotatable bonds is 1. The Morgan fingerprint density at radius 3 is 2.33 bits per heavy atom. The minimum Gasteiger partial charge on any atom is -0.327 e. The molecule has 82 valence electrons. The Kier molecular flexibility index (Phi) is 2.39. The highest BCUT2D eigenvalue weighted by atomic mass is 79.9. The lowest BCUT2D eigenvalue weighted by Gasteiger charge is -2.06. The van der Waals surface area contributed by atoms with E-state index in [4.69, 9.17) is 5.73 Å². The Hall–Kier alpha value is -0.480. The zero-order valence-electron chi connectivity index (χ0n) is 8.52. The van der Waals surface area contributed by atoms with Crippen molar-refractivity contribution in [2.24, 2.45) is 11.1 Å². The van der Waals surface area contributed by atoms with E-state index >= 15 is 0 Å². The molecule has 0 unspecified atom stereocenters. The molecule has 15 heavy (non-hydrogen) atoms. The predicted octanol–water partition coefficient (Wildman–Crippen LogP) is 3.18. The molecule has 0 aromatic heterocycles. The second kappa shape index (κ2) is 3.25. The molecule has 2 atom stereocenters. The molecule has 0 heterocycles. The quantitative estimate of drug-likeness (QED) is 0.783. The van der Waals surface area contributed by atoms with Crippen LogP contribution < -0.4 is 5.73 Å². The topological polar surface area (TPSA) is 26.0 Å². The number of hydrogen-bond donors (Lipinski definition) is 1. The largest absolute Gasteiger partial charge is 0.327 e. The van der Waals surface area contributed by atoms with E-state index in [1.54, 1.807) is 0 Å². The van der Waals surface area contributed by atoms with Crippen molar-refractivity contribution < 1.29 is 8.78 Å². The fraction of sp³-hybridized carbons (Fsp3) is 0.455. The molecule has 0 radical (unpaired) electrons. The summed E-state index contributed by atoms with van der Waals surface area (Å²) in [5.74, 6) is -1.13. The third kappa shape index (κ3) is 1.51. The molecule has 4 heteroatoms. The van der Waals surface area contributed by atoms with Crippen LogP contribution in [0.2, 0.25) is 0 Å². The molecule has 1 aromatic carbocycles. The molecule has 1 aromatic rings. The van der Waals surface area contributed by atoms with E-state index < -0.39 is 11.6 Å². The number of halogens is 3. The summed E-state index contributed by atoms with van der Waals surface area (Å²) in [5, 5.41) is 0. The first kappa shape index (κ1) is 11.0. The SMILES string of the molecule is CC1(C)[C@@H](N)[C@@H]1c1ccc(F)c(Br)c1F. The van der Waals surface area contributed by atoms with Gasteiger partial charge in [0.15, 0.2) is 0 Å². The molecule has 1 saturated carbocycles. The molecule has 1 aliphatic carbocycles. The van der Waals surface area contributed by atoms with Crippen LogP contribution in [0.1, 0.15) is 25.3 Å². The van der Waals surface area contributed by atoms with Crippen molar-refractivity contribution in [3.8, 4) is 0 Å². The molecule has 0 amide bonds. The van der Waals surface area contributed by atoms with Crippen LogP contribution >= 0.6 is 15.9 Å². The maximum Gasteiger partial charge on any atom is 0.143 e. The lowest BCUT2D eigenvalue weighted by Crippen LogP contribution is -2.06. The van der Waals surface area contributed by atoms with Gasteiger partial charge in [0.1, 0.15) is 11.6 Å². The zero-order chi connectivity index (χ0) is 11.4. The van der Waals surface area contributed by atoms with Crippen molar-refractivity contribution in [1.82, 2.24) is 0 Å². The summed E-state index contributed by atoms with van der Waals surface area (Å²) in [6.45, 7) is 3.97. The normalized spacial score (nSPS) is 27.9. The lowest BCUT2D eigenvalue weighted by atomic mass is 10.0. The molecule has 0 saturated heterocycles. The van der Waals surface area contributed by atoms with E-state index in [-0.39, 0.29) is 21.8 Å². The molecule has 0 bridgehead atoms. The van der Waals surface area contributed by atoms with Crippen LogP contribution in [0.3, 0.4) is 0 Å². The average Bonchev–Trinajstić information content (AvgIpc) is 2.64. The van der Waals surface area contributed by atoms with Gasteiger partial charge < -0.3 is 5.73 Å². The summed E-state index contributed by atoms with van der Waals surface area (Å²) in [6, 6.07) is 2.70. The summed E-state index contributed by atoms with van der Waals surface area (Å²) < 4.78 is 26.6. The van der Waals surface area contributed by atoms with Crippen LogP contribution in [-0.4, -0.2) is 6.04 Å². The number of nitrogens with two attached hydrogens (primary N) is 1. The summed E-state index contributed by atoms with van der Waals surface area (Å²) >= 11 is 2.89. The Morgan fingerprint density at radius 2 is 1.87 bits per heavy atom. The molecule has 1 fully saturated rings. The number of benzene rings is 1. The second-order valence-corrected chi connectivity index (χ2v) is 5.38. The molecule has 2 rings (SSSR count). The van der Waals surface area contributed by atoms with Gasteiger partial charge in [-0.3, -0.25) is 0 Å². The van der Waals surface area contributed by atoms with E-state index in [1.807, 2.05) is 13.8 Å². The van der Waals surface area contributed by atoms with E-state index in [9.17, 15) is 8.78 Å². The first-order chi connectivity index (χ1) is 6.87. The van der Waals surface area contributed by atoms with Crippen molar-refractivity contribution in [2.75, 3.05) is 0 Å². The second-order valence-electron chi connectivity index (χ2n) is 4.59. The van der Waals surface area contributed by atoms with E-state index in [2.05, 4.69) is 15.9 Å². The summed E-state index contributed by atoms with van der Waals surface area (Å²) in [6.07, 6.45) is 0.